The van der Waals surface area contributed by atoms with Gasteiger partial charge in [-0.3, -0.25) is 4.79 Å². The Bertz CT molecular complexity index is 519. The van der Waals surface area contributed by atoms with Crippen LogP contribution in [-0.4, -0.2) is 35.0 Å². The van der Waals surface area contributed by atoms with Gasteiger partial charge >= 0.3 is 5.97 Å². The number of rotatable bonds is 4. The number of carboxylic acids is 1. The zero-order chi connectivity index (χ0) is 15.5. The fraction of sp³-hybridized carbons (Fsp3) is 0.529. The number of carboxylic acid groups (broad SMARTS) is 1. The molecule has 0 atom stereocenters. The molecule has 4 nitrogen and oxygen atoms in total. The van der Waals surface area contributed by atoms with Crippen molar-refractivity contribution in [2.24, 2.45) is 5.41 Å². The van der Waals surface area contributed by atoms with Gasteiger partial charge < -0.3 is 10.0 Å². The summed E-state index contributed by atoms with van der Waals surface area (Å²) in [6.07, 6.45) is 3.40. The summed E-state index contributed by atoms with van der Waals surface area (Å²) in [4.78, 5) is 25.0. The van der Waals surface area contributed by atoms with E-state index in [1.54, 1.807) is 24.3 Å². The molecule has 1 fully saturated rings. The number of hydrogen-bond acceptors (Lipinski definition) is 2. The lowest BCUT2D eigenvalue weighted by molar-refractivity contribution is -0.134. The first-order valence-corrected chi connectivity index (χ1v) is 7.47. The third-order valence-electron chi connectivity index (χ3n) is 4.08. The quantitative estimate of drug-likeness (QED) is 0.927. The van der Waals surface area contributed by atoms with Crippen LogP contribution in [0.5, 0.6) is 0 Å². The Balaban J connectivity index is 1.87. The Morgan fingerprint density at radius 1 is 1.24 bits per heavy atom. The van der Waals surface area contributed by atoms with E-state index in [0.717, 1.165) is 25.1 Å². The molecule has 0 saturated carbocycles. The van der Waals surface area contributed by atoms with Crippen molar-refractivity contribution < 1.29 is 14.7 Å². The average molecular weight is 289 g/mol. The largest absolute Gasteiger partial charge is 0.478 e. The predicted molar refractivity (Wildman–Crippen MR) is 81.3 cm³/mol. The molecule has 1 N–H and O–H groups in total. The van der Waals surface area contributed by atoms with Crippen molar-refractivity contribution in [3.63, 3.8) is 0 Å². The van der Waals surface area contributed by atoms with E-state index < -0.39 is 5.97 Å². The second-order valence-electron chi connectivity index (χ2n) is 6.59. The molecule has 0 spiro atoms. The van der Waals surface area contributed by atoms with Crippen LogP contribution in [0.1, 0.15) is 49.0 Å². The minimum atomic E-state index is -0.923. The molecule has 1 aromatic carbocycles. The fourth-order valence-corrected chi connectivity index (χ4v) is 2.86. The van der Waals surface area contributed by atoms with Gasteiger partial charge in [-0.05, 0) is 42.4 Å². The highest BCUT2D eigenvalue weighted by molar-refractivity contribution is 5.87. The molecule has 1 aliphatic heterocycles. The van der Waals surface area contributed by atoms with Gasteiger partial charge in [-0.1, -0.05) is 26.0 Å². The molecule has 0 aromatic heterocycles. The number of piperidine rings is 1. The van der Waals surface area contributed by atoms with Crippen LogP contribution < -0.4 is 0 Å². The van der Waals surface area contributed by atoms with Gasteiger partial charge in [0.2, 0.25) is 5.91 Å². The minimum Gasteiger partial charge on any atom is -0.478 e. The van der Waals surface area contributed by atoms with Gasteiger partial charge in [-0.2, -0.15) is 0 Å². The van der Waals surface area contributed by atoms with E-state index in [1.165, 1.54) is 6.42 Å². The maximum absolute atomic E-state index is 12.3. The van der Waals surface area contributed by atoms with Crippen LogP contribution in [0, 0.1) is 5.41 Å². The van der Waals surface area contributed by atoms with Crippen molar-refractivity contribution in [2.75, 3.05) is 13.1 Å². The Labute approximate surface area is 125 Å². The minimum absolute atomic E-state index is 0.199. The lowest BCUT2D eigenvalue weighted by Gasteiger charge is -2.38. The number of amides is 1. The van der Waals surface area contributed by atoms with Gasteiger partial charge in [0.15, 0.2) is 0 Å². The van der Waals surface area contributed by atoms with Crippen LogP contribution >= 0.6 is 0 Å². The molecular weight excluding hydrogens is 266 g/mol. The van der Waals surface area contributed by atoms with E-state index in [2.05, 4.69) is 13.8 Å². The highest BCUT2D eigenvalue weighted by Crippen LogP contribution is 2.28. The van der Waals surface area contributed by atoms with E-state index >= 15 is 0 Å². The van der Waals surface area contributed by atoms with Crippen molar-refractivity contribution >= 4 is 11.9 Å². The van der Waals surface area contributed by atoms with Gasteiger partial charge in [0.25, 0.3) is 0 Å². The van der Waals surface area contributed by atoms with Gasteiger partial charge in [0.1, 0.15) is 0 Å². The van der Waals surface area contributed by atoms with Crippen LogP contribution in [-0.2, 0) is 11.2 Å². The third kappa shape index (κ3) is 4.31. The summed E-state index contributed by atoms with van der Waals surface area (Å²) in [6, 6.07) is 6.76. The maximum atomic E-state index is 12.3. The number of nitrogens with zero attached hydrogens (tertiary/aromatic N) is 1. The zero-order valence-corrected chi connectivity index (χ0v) is 12.8. The van der Waals surface area contributed by atoms with E-state index in [4.69, 9.17) is 5.11 Å². The molecular formula is C17H23NO3. The van der Waals surface area contributed by atoms with E-state index in [-0.39, 0.29) is 16.9 Å². The molecule has 114 valence electrons. The van der Waals surface area contributed by atoms with Crippen LogP contribution in [0.2, 0.25) is 0 Å². The SMILES string of the molecule is CC1(C)CCCN(C(=O)CCc2ccc(C(=O)O)cc2)C1. The van der Waals surface area contributed by atoms with Gasteiger partial charge in [-0.25, -0.2) is 4.79 Å². The Morgan fingerprint density at radius 3 is 2.48 bits per heavy atom. The van der Waals surface area contributed by atoms with Crippen LogP contribution in [0.15, 0.2) is 24.3 Å². The van der Waals surface area contributed by atoms with Crippen LogP contribution in [0.25, 0.3) is 0 Å². The molecule has 1 saturated heterocycles. The monoisotopic (exact) mass is 289 g/mol. The van der Waals surface area contributed by atoms with Gasteiger partial charge in [-0.15, -0.1) is 0 Å². The van der Waals surface area contributed by atoms with Crippen LogP contribution in [0.3, 0.4) is 0 Å². The van der Waals surface area contributed by atoms with Crippen molar-refractivity contribution in [3.8, 4) is 0 Å². The lowest BCUT2D eigenvalue weighted by atomic mass is 9.84. The molecule has 1 amide bonds. The third-order valence-corrected chi connectivity index (χ3v) is 4.08. The number of carbonyl (C=O) groups excluding carboxylic acids is 1. The first-order chi connectivity index (χ1) is 9.87. The fourth-order valence-electron chi connectivity index (χ4n) is 2.86. The summed E-state index contributed by atoms with van der Waals surface area (Å²) in [7, 11) is 0. The zero-order valence-electron chi connectivity index (χ0n) is 12.8. The summed E-state index contributed by atoms with van der Waals surface area (Å²) < 4.78 is 0. The molecule has 21 heavy (non-hydrogen) atoms. The van der Waals surface area contributed by atoms with Crippen molar-refractivity contribution in [1.82, 2.24) is 4.90 Å². The maximum Gasteiger partial charge on any atom is 0.335 e. The lowest BCUT2D eigenvalue weighted by Crippen LogP contribution is -2.43. The predicted octanol–water partition coefficient (Wildman–Crippen LogP) is 2.97. The Hall–Kier alpha value is -1.84. The molecule has 0 radical (unpaired) electrons. The van der Waals surface area contributed by atoms with E-state index in [1.807, 2.05) is 4.90 Å². The van der Waals surface area contributed by atoms with Crippen LogP contribution in [0.4, 0.5) is 0 Å². The smallest absolute Gasteiger partial charge is 0.335 e. The Kier molecular flexibility index (Phi) is 4.66. The molecule has 1 aromatic rings. The molecule has 0 unspecified atom stereocenters. The molecule has 2 rings (SSSR count). The van der Waals surface area contributed by atoms with Gasteiger partial charge in [0.05, 0.1) is 5.56 Å². The second kappa shape index (κ2) is 6.29. The molecule has 0 aliphatic carbocycles. The van der Waals surface area contributed by atoms with E-state index in [9.17, 15) is 9.59 Å². The Morgan fingerprint density at radius 2 is 1.90 bits per heavy atom. The first kappa shape index (κ1) is 15.5. The second-order valence-corrected chi connectivity index (χ2v) is 6.59. The number of benzene rings is 1. The molecule has 0 bridgehead atoms. The van der Waals surface area contributed by atoms with E-state index in [0.29, 0.717) is 12.8 Å². The number of likely N-dealkylation sites (tertiary alicyclic amines) is 1. The summed E-state index contributed by atoms with van der Waals surface area (Å²) >= 11 is 0. The summed E-state index contributed by atoms with van der Waals surface area (Å²) in [6.45, 7) is 6.11. The number of aromatic carboxylic acids is 1. The van der Waals surface area contributed by atoms with Crippen molar-refractivity contribution in [1.29, 1.82) is 0 Å². The molecule has 1 aliphatic rings. The number of carbonyl (C=O) groups is 2. The normalized spacial score (nSPS) is 17.5. The van der Waals surface area contributed by atoms with Gasteiger partial charge in [0, 0.05) is 19.5 Å². The van der Waals surface area contributed by atoms with Crippen molar-refractivity contribution in [3.05, 3.63) is 35.4 Å². The van der Waals surface area contributed by atoms with Crippen molar-refractivity contribution in [2.45, 2.75) is 39.5 Å². The molecule has 4 heteroatoms. The molecule has 1 heterocycles. The summed E-state index contributed by atoms with van der Waals surface area (Å²) in [5.74, 6) is -0.724. The summed E-state index contributed by atoms with van der Waals surface area (Å²) in [5, 5.41) is 8.85. The highest BCUT2D eigenvalue weighted by atomic mass is 16.4. The first-order valence-electron chi connectivity index (χ1n) is 7.47. The highest BCUT2D eigenvalue weighted by Gasteiger charge is 2.28. The summed E-state index contributed by atoms with van der Waals surface area (Å²) in [5.41, 5.74) is 1.50. The average Bonchev–Trinajstić information content (AvgIpc) is 2.44. The number of hydrogen-bond donors (Lipinski definition) is 1. The standard InChI is InChI=1S/C17H23NO3/c1-17(2)10-3-11-18(12-17)15(19)9-6-13-4-7-14(8-5-13)16(20)21/h4-5,7-8H,3,6,9-12H2,1-2H3,(H,20,21). The number of aryl methyl sites for hydroxylation is 1. The topological polar surface area (TPSA) is 57.6 Å².